The van der Waals surface area contributed by atoms with Gasteiger partial charge in [-0.15, -0.1) is 4.72 Å². The van der Waals surface area contributed by atoms with Crippen LogP contribution in [0.4, 0.5) is 14.6 Å². The van der Waals surface area contributed by atoms with E-state index in [1.165, 1.54) is 12.4 Å². The third-order valence-corrected chi connectivity index (χ3v) is 5.23. The number of halogens is 2. The number of anilines is 1. The van der Waals surface area contributed by atoms with Gasteiger partial charge in [-0.05, 0) is 26.0 Å². The summed E-state index contributed by atoms with van der Waals surface area (Å²) in [5.74, 6) is 1.09. The molecular formula is C19H26F2N8OS. The van der Waals surface area contributed by atoms with E-state index in [0.717, 1.165) is 18.4 Å². The summed E-state index contributed by atoms with van der Waals surface area (Å²) in [4.78, 5) is 18.0. The van der Waals surface area contributed by atoms with Crippen molar-refractivity contribution in [3.05, 3.63) is 30.5 Å². The monoisotopic (exact) mass is 452 g/mol. The molecule has 0 radical (unpaired) electrons. The molecular weight excluding hydrogens is 426 g/mol. The lowest BCUT2D eigenvalue weighted by atomic mass is 9.98. The summed E-state index contributed by atoms with van der Waals surface area (Å²) >= 11 is -1.09. The van der Waals surface area contributed by atoms with Gasteiger partial charge in [-0.2, -0.15) is 0 Å². The minimum absolute atomic E-state index is 0.0834. The van der Waals surface area contributed by atoms with Crippen LogP contribution < -0.4 is 14.9 Å². The molecule has 12 heteroatoms. The van der Waals surface area contributed by atoms with Crippen LogP contribution in [0.3, 0.4) is 0 Å². The van der Waals surface area contributed by atoms with Crippen molar-refractivity contribution in [2.24, 2.45) is 0 Å². The van der Waals surface area contributed by atoms with Gasteiger partial charge in [0.05, 0.1) is 29.8 Å². The Morgan fingerprint density at radius 3 is 2.94 bits per heavy atom. The number of allylic oxidation sites excluding steroid dienone is 1. The zero-order chi connectivity index (χ0) is 22.6. The van der Waals surface area contributed by atoms with Gasteiger partial charge < -0.3 is 19.8 Å². The van der Waals surface area contributed by atoms with E-state index in [4.69, 9.17) is 5.41 Å². The quantitative estimate of drug-likeness (QED) is 0.354. The van der Waals surface area contributed by atoms with Gasteiger partial charge in [-0.25, -0.2) is 23.7 Å². The predicted octanol–water partition coefficient (Wildman–Crippen LogP) is 1.60. The van der Waals surface area contributed by atoms with E-state index in [0.29, 0.717) is 30.3 Å². The second-order valence-electron chi connectivity index (χ2n) is 7.94. The number of aromatic amines is 1. The molecule has 1 fully saturated rings. The molecule has 2 unspecified atom stereocenters. The topological polar surface area (TPSA) is 129 Å². The van der Waals surface area contributed by atoms with Crippen molar-refractivity contribution >= 4 is 29.0 Å². The average Bonchev–Trinajstić information content (AvgIpc) is 3.18. The molecule has 0 spiro atoms. The predicted molar refractivity (Wildman–Crippen MR) is 118 cm³/mol. The highest BCUT2D eigenvalue weighted by Gasteiger charge is 2.33. The number of imidazole rings is 1. The van der Waals surface area contributed by atoms with Crippen LogP contribution in [0, 0.1) is 5.41 Å². The highest BCUT2D eigenvalue weighted by atomic mass is 32.2. The summed E-state index contributed by atoms with van der Waals surface area (Å²) in [5, 5.41) is 10.7. The van der Waals surface area contributed by atoms with Crippen LogP contribution in [-0.2, 0) is 11.4 Å². The number of H-pyrrole nitrogens is 1. The number of hydrogen-bond acceptors (Lipinski definition) is 8. The Morgan fingerprint density at radius 1 is 1.45 bits per heavy atom. The second-order valence-corrected chi connectivity index (χ2v) is 9.14. The molecule has 168 valence electrons. The van der Waals surface area contributed by atoms with Crippen molar-refractivity contribution < 1.29 is 13.3 Å². The molecule has 1 aliphatic heterocycles. The summed E-state index contributed by atoms with van der Waals surface area (Å²) < 4.78 is 39.2. The zero-order valence-electron chi connectivity index (χ0n) is 17.5. The van der Waals surface area contributed by atoms with Crippen LogP contribution in [0.25, 0.3) is 17.5 Å². The maximum absolute atomic E-state index is 12.4. The smallest absolute Gasteiger partial charge is 0.279 e. The average molecular weight is 453 g/mol. The van der Waals surface area contributed by atoms with E-state index < -0.39 is 23.5 Å². The largest absolute Gasteiger partial charge is 0.598 e. The molecule has 0 saturated carbocycles. The van der Waals surface area contributed by atoms with Gasteiger partial charge in [0.1, 0.15) is 24.2 Å². The van der Waals surface area contributed by atoms with E-state index >= 15 is 0 Å². The van der Waals surface area contributed by atoms with E-state index in [1.807, 2.05) is 6.07 Å². The highest BCUT2D eigenvalue weighted by Crippen LogP contribution is 2.23. The van der Waals surface area contributed by atoms with Gasteiger partial charge in [-0.3, -0.25) is 5.41 Å². The molecule has 1 saturated heterocycles. The first-order valence-electron chi connectivity index (χ1n) is 9.64. The lowest BCUT2D eigenvalue weighted by molar-refractivity contribution is 0.226. The van der Waals surface area contributed by atoms with Crippen molar-refractivity contribution in [3.8, 4) is 11.4 Å². The molecule has 2 aromatic rings. The molecule has 0 aliphatic carbocycles. The fourth-order valence-corrected chi connectivity index (χ4v) is 3.86. The Labute approximate surface area is 182 Å². The van der Waals surface area contributed by atoms with Crippen molar-refractivity contribution in [2.45, 2.75) is 31.9 Å². The standard InChI is InChI=1S/C19H26F2N8OS/c1-19(2)10-29(9-12(28-19)7-26-31(3)30)17-6-14(24-11-25-17)15-8-23-16(27-15)5-4-13(22)18(20)21/h4-6,8,11-12,18,22,26,28H,7,9-10H2,1-3H3,(H,23,27)/b5-4-,22-13?. The first-order chi connectivity index (χ1) is 14.6. The number of nitrogens with zero attached hydrogens (tertiary/aromatic N) is 4. The van der Waals surface area contributed by atoms with E-state index in [2.05, 4.69) is 48.7 Å². The molecule has 0 bridgehead atoms. The number of rotatable bonds is 8. The maximum atomic E-state index is 12.4. The van der Waals surface area contributed by atoms with Crippen molar-refractivity contribution in [2.75, 3.05) is 30.8 Å². The Kier molecular flexibility index (Phi) is 7.36. The SMILES string of the molecule is C[S+]([O-])NCC1CN(c2cc(-c3cnc(/C=C\C(=N)C(F)F)[nH]3)ncn2)CC(C)(C)N1. The Morgan fingerprint density at radius 2 is 2.23 bits per heavy atom. The van der Waals surface area contributed by atoms with Crippen LogP contribution in [0.2, 0.25) is 0 Å². The second kappa shape index (κ2) is 9.81. The molecule has 9 nitrogen and oxygen atoms in total. The Hall–Kier alpha value is -2.41. The summed E-state index contributed by atoms with van der Waals surface area (Å²) in [6, 6.07) is 1.92. The summed E-state index contributed by atoms with van der Waals surface area (Å²) in [7, 11) is 0. The fourth-order valence-electron chi connectivity index (χ4n) is 3.42. The summed E-state index contributed by atoms with van der Waals surface area (Å²) in [5.41, 5.74) is 0.272. The molecule has 2 atom stereocenters. The van der Waals surface area contributed by atoms with Crippen LogP contribution in [0.1, 0.15) is 19.7 Å². The summed E-state index contributed by atoms with van der Waals surface area (Å²) in [6.45, 7) is 6.16. The van der Waals surface area contributed by atoms with Gasteiger partial charge in [0.25, 0.3) is 6.43 Å². The molecule has 4 N–H and O–H groups in total. The van der Waals surface area contributed by atoms with Crippen LogP contribution >= 0.6 is 0 Å². The number of piperazine rings is 1. The molecule has 0 aromatic carbocycles. The van der Waals surface area contributed by atoms with Crippen molar-refractivity contribution in [3.63, 3.8) is 0 Å². The van der Waals surface area contributed by atoms with Crippen molar-refractivity contribution in [1.82, 2.24) is 30.0 Å². The van der Waals surface area contributed by atoms with Crippen LogP contribution in [0.5, 0.6) is 0 Å². The first-order valence-corrected chi connectivity index (χ1v) is 11.2. The fraction of sp³-hybridized carbons (Fsp3) is 0.474. The van der Waals surface area contributed by atoms with Gasteiger partial charge in [0.15, 0.2) is 0 Å². The minimum atomic E-state index is -2.82. The highest BCUT2D eigenvalue weighted by molar-refractivity contribution is 7.88. The van der Waals surface area contributed by atoms with E-state index in [-0.39, 0.29) is 11.6 Å². The maximum Gasteiger partial charge on any atom is 0.279 e. The normalized spacial score (nSPS) is 19.8. The van der Waals surface area contributed by atoms with Gasteiger partial charge in [-0.1, -0.05) is 0 Å². The molecule has 3 rings (SSSR count). The van der Waals surface area contributed by atoms with Gasteiger partial charge >= 0.3 is 0 Å². The number of nitrogens with one attached hydrogen (secondary N) is 4. The third-order valence-electron chi connectivity index (χ3n) is 4.66. The van der Waals surface area contributed by atoms with E-state index in [9.17, 15) is 13.3 Å². The third kappa shape index (κ3) is 6.53. The first kappa shape index (κ1) is 23.3. The lowest BCUT2D eigenvalue weighted by Crippen LogP contribution is -2.64. The van der Waals surface area contributed by atoms with Gasteiger partial charge in [0, 0.05) is 42.1 Å². The Bertz CT molecular complexity index is 933. The van der Waals surface area contributed by atoms with Gasteiger partial charge in [0.2, 0.25) is 0 Å². The molecule has 1 aliphatic rings. The van der Waals surface area contributed by atoms with Crippen molar-refractivity contribution in [1.29, 1.82) is 5.41 Å². The molecule has 2 aromatic heterocycles. The minimum Gasteiger partial charge on any atom is -0.598 e. The number of aromatic nitrogens is 4. The summed E-state index contributed by atoms with van der Waals surface area (Å²) in [6.07, 6.45) is 4.15. The Balaban J connectivity index is 1.76. The lowest BCUT2D eigenvalue weighted by Gasteiger charge is -2.44. The van der Waals surface area contributed by atoms with E-state index in [1.54, 1.807) is 12.5 Å². The molecule has 3 heterocycles. The van der Waals surface area contributed by atoms with Crippen LogP contribution in [-0.4, -0.2) is 74.1 Å². The molecule has 0 amide bonds. The number of hydrogen-bond donors (Lipinski definition) is 4. The zero-order valence-corrected chi connectivity index (χ0v) is 18.3. The van der Waals surface area contributed by atoms with Crippen LogP contribution in [0.15, 0.2) is 24.7 Å². The number of alkyl halides is 2. The molecule has 31 heavy (non-hydrogen) atoms.